The van der Waals surface area contributed by atoms with Gasteiger partial charge in [0.25, 0.3) is 0 Å². The Labute approximate surface area is 123 Å². The predicted octanol–water partition coefficient (Wildman–Crippen LogP) is 1.99. The molecule has 0 saturated carbocycles. The van der Waals surface area contributed by atoms with Crippen molar-refractivity contribution in [2.75, 3.05) is 46.4 Å². The second-order valence-electron chi connectivity index (χ2n) is 7.30. The Morgan fingerprint density at radius 2 is 1.70 bits per heavy atom. The molecule has 2 heterocycles. The van der Waals surface area contributed by atoms with Crippen molar-refractivity contribution in [3.63, 3.8) is 0 Å². The number of hydrogen-bond acceptors (Lipinski definition) is 3. The van der Waals surface area contributed by atoms with E-state index in [4.69, 9.17) is 4.74 Å². The van der Waals surface area contributed by atoms with Crippen molar-refractivity contribution >= 4 is 5.91 Å². The van der Waals surface area contributed by atoms with Gasteiger partial charge >= 0.3 is 0 Å². The first-order valence-corrected chi connectivity index (χ1v) is 7.94. The van der Waals surface area contributed by atoms with E-state index in [-0.39, 0.29) is 23.3 Å². The van der Waals surface area contributed by atoms with Gasteiger partial charge in [-0.15, -0.1) is 0 Å². The van der Waals surface area contributed by atoms with Gasteiger partial charge in [0, 0.05) is 43.6 Å². The summed E-state index contributed by atoms with van der Waals surface area (Å²) in [5, 5.41) is 0. The number of ether oxygens (including phenoxy) is 1. The van der Waals surface area contributed by atoms with Gasteiger partial charge in [0.1, 0.15) is 6.61 Å². The highest BCUT2D eigenvalue weighted by Gasteiger charge is 2.57. The zero-order valence-electron chi connectivity index (χ0n) is 13.6. The first-order chi connectivity index (χ1) is 9.40. The molecule has 1 amide bonds. The zero-order chi connectivity index (χ0) is 14.8. The molecule has 0 aromatic rings. The molecule has 2 aliphatic heterocycles. The first kappa shape index (κ1) is 15.8. The van der Waals surface area contributed by atoms with Gasteiger partial charge in [-0.1, -0.05) is 33.6 Å². The Kier molecular flexibility index (Phi) is 4.75. The lowest BCUT2D eigenvalue weighted by Crippen LogP contribution is -2.36. The van der Waals surface area contributed by atoms with Crippen molar-refractivity contribution < 1.29 is 9.53 Å². The van der Waals surface area contributed by atoms with Crippen LogP contribution in [0.2, 0.25) is 0 Å². The van der Waals surface area contributed by atoms with Gasteiger partial charge in [-0.3, -0.25) is 4.79 Å². The molecule has 0 aliphatic carbocycles. The molecule has 0 N–H and O–H groups in total. The fraction of sp³-hybridized carbons (Fsp3) is 0.938. The Hall–Kier alpha value is -0.610. The molecule has 4 nitrogen and oxygen atoms in total. The van der Waals surface area contributed by atoms with Crippen LogP contribution in [-0.4, -0.2) is 62.1 Å². The number of unbranched alkanes of at least 4 members (excludes halogenated alkanes) is 2. The van der Waals surface area contributed by atoms with E-state index in [1.54, 1.807) is 0 Å². The van der Waals surface area contributed by atoms with E-state index in [0.29, 0.717) is 6.61 Å². The van der Waals surface area contributed by atoms with Crippen molar-refractivity contribution in [3.05, 3.63) is 0 Å². The van der Waals surface area contributed by atoms with E-state index in [2.05, 4.69) is 32.7 Å². The van der Waals surface area contributed by atoms with Crippen LogP contribution in [0.25, 0.3) is 0 Å². The number of hydrogen-bond donors (Lipinski definition) is 0. The molecule has 0 spiro atoms. The molecule has 0 aromatic carbocycles. The lowest BCUT2D eigenvalue weighted by Gasteiger charge is -2.30. The number of fused-ring (bicyclic) bond motifs is 1. The van der Waals surface area contributed by atoms with Crippen molar-refractivity contribution in [3.8, 4) is 0 Å². The highest BCUT2D eigenvalue weighted by molar-refractivity contribution is 5.78. The average Bonchev–Trinajstić information content (AvgIpc) is 2.72. The molecule has 20 heavy (non-hydrogen) atoms. The van der Waals surface area contributed by atoms with E-state index in [1.807, 2.05) is 4.90 Å². The average molecular weight is 282 g/mol. The Balaban J connectivity index is 1.80. The van der Waals surface area contributed by atoms with Crippen molar-refractivity contribution in [2.45, 2.75) is 40.0 Å². The van der Waals surface area contributed by atoms with Crippen LogP contribution in [0.1, 0.15) is 40.0 Å². The number of carbonyl (C=O) groups is 1. The molecule has 2 unspecified atom stereocenters. The minimum absolute atomic E-state index is 0.168. The molecule has 116 valence electrons. The fourth-order valence-electron chi connectivity index (χ4n) is 3.89. The number of likely N-dealkylation sites (tertiary alicyclic amines) is 2. The maximum absolute atomic E-state index is 12.3. The van der Waals surface area contributed by atoms with Crippen LogP contribution < -0.4 is 0 Å². The molecule has 2 fully saturated rings. The van der Waals surface area contributed by atoms with Crippen molar-refractivity contribution in [2.24, 2.45) is 10.8 Å². The fourth-order valence-corrected chi connectivity index (χ4v) is 3.89. The largest absolute Gasteiger partial charge is 0.372 e. The summed E-state index contributed by atoms with van der Waals surface area (Å²) >= 11 is 0. The van der Waals surface area contributed by atoms with Gasteiger partial charge in [-0.25, -0.2) is 0 Å². The quantitative estimate of drug-likeness (QED) is 0.699. The third-order valence-corrected chi connectivity index (χ3v) is 5.25. The Bertz CT molecular complexity index is 340. The number of rotatable bonds is 6. The summed E-state index contributed by atoms with van der Waals surface area (Å²) in [7, 11) is 2.18. The molecule has 4 heteroatoms. The van der Waals surface area contributed by atoms with E-state index in [9.17, 15) is 4.79 Å². The Morgan fingerprint density at radius 1 is 1.10 bits per heavy atom. The lowest BCUT2D eigenvalue weighted by molar-refractivity contribution is -0.135. The Morgan fingerprint density at radius 3 is 2.25 bits per heavy atom. The van der Waals surface area contributed by atoms with Crippen LogP contribution in [0.3, 0.4) is 0 Å². The van der Waals surface area contributed by atoms with Crippen LogP contribution in [0.5, 0.6) is 0 Å². The van der Waals surface area contributed by atoms with E-state index < -0.39 is 0 Å². The topological polar surface area (TPSA) is 32.8 Å². The molecule has 0 radical (unpaired) electrons. The van der Waals surface area contributed by atoms with Gasteiger partial charge in [0.15, 0.2) is 0 Å². The van der Waals surface area contributed by atoms with E-state index in [1.165, 1.54) is 12.8 Å². The van der Waals surface area contributed by atoms with Gasteiger partial charge < -0.3 is 14.5 Å². The van der Waals surface area contributed by atoms with Gasteiger partial charge in [-0.05, 0) is 13.5 Å². The molecular weight excluding hydrogens is 252 g/mol. The summed E-state index contributed by atoms with van der Waals surface area (Å²) in [5.41, 5.74) is 0.471. The third kappa shape index (κ3) is 3.01. The minimum Gasteiger partial charge on any atom is -0.372 e. The second kappa shape index (κ2) is 6.02. The molecule has 2 aliphatic rings. The standard InChI is InChI=1S/C16H30N2O2/c1-5-6-7-8-20-9-14(19)18-12-15(2)10-17(4)11-16(15,3)13-18/h5-13H2,1-4H3. The van der Waals surface area contributed by atoms with E-state index in [0.717, 1.165) is 32.6 Å². The smallest absolute Gasteiger partial charge is 0.248 e. The van der Waals surface area contributed by atoms with Gasteiger partial charge in [-0.2, -0.15) is 0 Å². The number of carbonyl (C=O) groups excluding carboxylic acids is 1. The van der Waals surface area contributed by atoms with Crippen LogP contribution in [-0.2, 0) is 9.53 Å². The summed E-state index contributed by atoms with van der Waals surface area (Å²) < 4.78 is 5.52. The lowest BCUT2D eigenvalue weighted by atomic mass is 9.71. The first-order valence-electron chi connectivity index (χ1n) is 7.94. The highest BCUT2D eigenvalue weighted by Crippen LogP contribution is 2.50. The van der Waals surface area contributed by atoms with Crippen molar-refractivity contribution in [1.82, 2.24) is 9.80 Å². The normalized spacial score (nSPS) is 33.7. The van der Waals surface area contributed by atoms with Crippen molar-refractivity contribution in [1.29, 1.82) is 0 Å². The number of amides is 1. The molecule has 2 saturated heterocycles. The minimum atomic E-state index is 0.168. The number of nitrogens with zero attached hydrogens (tertiary/aromatic N) is 2. The maximum Gasteiger partial charge on any atom is 0.248 e. The SMILES string of the molecule is CCCCCOCC(=O)N1CC2(C)CN(C)CC2(C)C1. The summed E-state index contributed by atoms with van der Waals surface area (Å²) in [6.45, 7) is 11.7. The molecular formula is C16H30N2O2. The summed E-state index contributed by atoms with van der Waals surface area (Å²) in [6, 6.07) is 0. The van der Waals surface area contributed by atoms with Gasteiger partial charge in [0.2, 0.25) is 5.91 Å². The van der Waals surface area contributed by atoms with E-state index >= 15 is 0 Å². The monoisotopic (exact) mass is 282 g/mol. The van der Waals surface area contributed by atoms with Crippen LogP contribution in [0, 0.1) is 10.8 Å². The third-order valence-electron chi connectivity index (χ3n) is 5.25. The second-order valence-corrected chi connectivity index (χ2v) is 7.30. The molecule has 0 aromatic heterocycles. The zero-order valence-corrected chi connectivity index (χ0v) is 13.6. The molecule has 2 atom stereocenters. The van der Waals surface area contributed by atoms with Gasteiger partial charge in [0.05, 0.1) is 0 Å². The molecule has 2 rings (SSSR count). The highest BCUT2D eigenvalue weighted by atomic mass is 16.5. The summed E-state index contributed by atoms with van der Waals surface area (Å²) in [5.74, 6) is 0.168. The van der Waals surface area contributed by atoms with Crippen LogP contribution in [0.15, 0.2) is 0 Å². The molecule has 0 bridgehead atoms. The van der Waals surface area contributed by atoms with Crippen LogP contribution in [0.4, 0.5) is 0 Å². The summed E-state index contributed by atoms with van der Waals surface area (Å²) in [6.07, 6.45) is 3.43. The maximum atomic E-state index is 12.3. The van der Waals surface area contributed by atoms with Crippen LogP contribution >= 0.6 is 0 Å². The summed E-state index contributed by atoms with van der Waals surface area (Å²) in [4.78, 5) is 16.7. The predicted molar refractivity (Wildman–Crippen MR) is 80.6 cm³/mol.